The van der Waals surface area contributed by atoms with Crippen molar-refractivity contribution in [1.29, 1.82) is 0 Å². The highest BCUT2D eigenvalue weighted by Crippen LogP contribution is 2.24. The molecule has 8 heteroatoms. The predicted octanol–water partition coefficient (Wildman–Crippen LogP) is 0.508. The number of rotatable bonds is 6. The van der Waals surface area contributed by atoms with Crippen LogP contribution in [0.4, 0.5) is 5.69 Å². The number of carbonyl (C=O) groups is 2. The number of anilines is 1. The third-order valence-corrected chi connectivity index (χ3v) is 3.92. The van der Waals surface area contributed by atoms with Crippen molar-refractivity contribution in [3.05, 3.63) is 48.8 Å². The van der Waals surface area contributed by atoms with Gasteiger partial charge in [0.1, 0.15) is 11.8 Å². The maximum atomic E-state index is 12.5. The van der Waals surface area contributed by atoms with Gasteiger partial charge in [-0.2, -0.15) is 10.2 Å². The van der Waals surface area contributed by atoms with Crippen LogP contribution in [0.3, 0.4) is 0 Å². The number of aromatic nitrogens is 2. The molecule has 0 spiro atoms. The molecule has 1 aromatic carbocycles. The van der Waals surface area contributed by atoms with E-state index in [4.69, 9.17) is 5.73 Å². The van der Waals surface area contributed by atoms with Crippen LogP contribution < -0.4 is 16.1 Å². The number of hydrogen-bond acceptors (Lipinski definition) is 5. The quantitative estimate of drug-likeness (QED) is 0.799. The molecule has 0 saturated carbocycles. The number of nitrogens with two attached hydrogens (primary N) is 1. The van der Waals surface area contributed by atoms with Crippen molar-refractivity contribution < 1.29 is 9.59 Å². The van der Waals surface area contributed by atoms with E-state index in [1.54, 1.807) is 10.9 Å². The lowest BCUT2D eigenvalue weighted by Gasteiger charge is -2.20. The van der Waals surface area contributed by atoms with E-state index in [1.807, 2.05) is 49.5 Å². The number of para-hydroxylation sites is 1. The average molecular weight is 340 g/mol. The zero-order valence-electron chi connectivity index (χ0n) is 13.9. The van der Waals surface area contributed by atoms with Crippen LogP contribution in [0.2, 0.25) is 0 Å². The van der Waals surface area contributed by atoms with Gasteiger partial charge in [0.25, 0.3) is 5.91 Å². The van der Waals surface area contributed by atoms with Gasteiger partial charge in [-0.3, -0.25) is 19.3 Å². The molecule has 8 nitrogen and oxygen atoms in total. The first-order chi connectivity index (χ1) is 12.0. The molecular formula is C17H20N6O2. The summed E-state index contributed by atoms with van der Waals surface area (Å²) in [5.41, 5.74) is 6.49. The molecule has 3 N–H and O–H groups in total. The Balaban J connectivity index is 1.70. The van der Waals surface area contributed by atoms with E-state index in [0.29, 0.717) is 12.3 Å². The molecule has 0 aliphatic carbocycles. The summed E-state index contributed by atoms with van der Waals surface area (Å²) in [7, 11) is 0. The third-order valence-electron chi connectivity index (χ3n) is 3.92. The number of primary amides is 1. The average Bonchev–Trinajstić information content (AvgIpc) is 3.24. The molecule has 130 valence electrons. The SMILES string of the molecule is C[C@H](Cn1cccn1)NC(=O)C1=NN(c2ccccc2)[C@@H](C(N)=O)C1. The fourth-order valence-electron chi connectivity index (χ4n) is 2.73. The normalized spacial score (nSPS) is 17.9. The van der Waals surface area contributed by atoms with Gasteiger partial charge in [0.2, 0.25) is 5.91 Å². The summed E-state index contributed by atoms with van der Waals surface area (Å²) in [6.07, 6.45) is 3.70. The van der Waals surface area contributed by atoms with Crippen molar-refractivity contribution in [3.63, 3.8) is 0 Å². The standard InChI is InChI=1S/C17H20N6O2/c1-12(11-22-9-5-8-19-22)20-17(25)14-10-15(16(18)24)23(21-14)13-6-3-2-4-7-13/h2-9,12,15H,10-11H2,1H3,(H2,18,24)(H,20,25)/t12-,15-/m1/s1. The van der Waals surface area contributed by atoms with Crippen LogP contribution in [-0.2, 0) is 16.1 Å². The molecule has 2 aromatic rings. The molecular weight excluding hydrogens is 320 g/mol. The minimum Gasteiger partial charge on any atom is -0.368 e. The molecule has 2 atom stereocenters. The fraction of sp³-hybridized carbons (Fsp3) is 0.294. The van der Waals surface area contributed by atoms with Gasteiger partial charge < -0.3 is 11.1 Å². The van der Waals surface area contributed by atoms with Crippen LogP contribution in [0.15, 0.2) is 53.9 Å². The molecule has 0 saturated heterocycles. The van der Waals surface area contributed by atoms with E-state index in [-0.39, 0.29) is 18.4 Å². The number of hydrogen-bond donors (Lipinski definition) is 2. The molecule has 1 aromatic heterocycles. The second kappa shape index (κ2) is 7.16. The van der Waals surface area contributed by atoms with Crippen LogP contribution in [0.5, 0.6) is 0 Å². The highest BCUT2D eigenvalue weighted by Gasteiger charge is 2.35. The van der Waals surface area contributed by atoms with E-state index < -0.39 is 11.9 Å². The van der Waals surface area contributed by atoms with E-state index >= 15 is 0 Å². The minimum atomic E-state index is -0.662. The number of nitrogens with zero attached hydrogens (tertiary/aromatic N) is 4. The van der Waals surface area contributed by atoms with Crippen molar-refractivity contribution in [2.45, 2.75) is 32.0 Å². The summed E-state index contributed by atoms with van der Waals surface area (Å²) in [6, 6.07) is 10.2. The molecule has 0 radical (unpaired) electrons. The summed E-state index contributed by atoms with van der Waals surface area (Å²) < 4.78 is 1.74. The number of hydrazone groups is 1. The van der Waals surface area contributed by atoms with Crippen LogP contribution in [0.1, 0.15) is 13.3 Å². The molecule has 0 fully saturated rings. The number of amides is 2. The van der Waals surface area contributed by atoms with Crippen molar-refractivity contribution in [2.24, 2.45) is 10.8 Å². The molecule has 1 aliphatic heterocycles. The van der Waals surface area contributed by atoms with E-state index in [9.17, 15) is 9.59 Å². The summed E-state index contributed by atoms with van der Waals surface area (Å²) in [6.45, 7) is 2.43. The number of benzene rings is 1. The maximum absolute atomic E-state index is 12.5. The summed E-state index contributed by atoms with van der Waals surface area (Å²) in [5.74, 6) is -0.815. The molecule has 2 amide bonds. The molecule has 3 rings (SSSR count). The highest BCUT2D eigenvalue weighted by molar-refractivity contribution is 6.40. The van der Waals surface area contributed by atoms with Gasteiger partial charge >= 0.3 is 0 Å². The lowest BCUT2D eigenvalue weighted by Crippen LogP contribution is -2.41. The second-order valence-electron chi connectivity index (χ2n) is 5.95. The van der Waals surface area contributed by atoms with Gasteiger partial charge in [-0.05, 0) is 25.1 Å². The number of carbonyl (C=O) groups excluding carboxylic acids is 2. The lowest BCUT2D eigenvalue weighted by atomic mass is 10.1. The molecule has 2 heterocycles. The fourth-order valence-corrected chi connectivity index (χ4v) is 2.73. The molecule has 25 heavy (non-hydrogen) atoms. The predicted molar refractivity (Wildman–Crippen MR) is 93.8 cm³/mol. The largest absolute Gasteiger partial charge is 0.368 e. The minimum absolute atomic E-state index is 0.132. The number of nitrogens with one attached hydrogen (secondary N) is 1. The summed E-state index contributed by atoms with van der Waals surface area (Å²) >= 11 is 0. The van der Waals surface area contributed by atoms with Crippen molar-refractivity contribution in [1.82, 2.24) is 15.1 Å². The van der Waals surface area contributed by atoms with Gasteiger partial charge in [-0.15, -0.1) is 0 Å². The van der Waals surface area contributed by atoms with Crippen LogP contribution in [0.25, 0.3) is 0 Å². The first kappa shape index (κ1) is 16.7. The Labute approximate surface area is 145 Å². The Kier molecular flexibility index (Phi) is 4.78. The topological polar surface area (TPSA) is 106 Å². The van der Waals surface area contributed by atoms with Crippen LogP contribution in [-0.4, -0.2) is 39.4 Å². The zero-order chi connectivity index (χ0) is 17.8. The van der Waals surface area contributed by atoms with Gasteiger partial charge in [-0.25, -0.2) is 0 Å². The molecule has 0 unspecified atom stereocenters. The Morgan fingerprint density at radius 2 is 2.08 bits per heavy atom. The third kappa shape index (κ3) is 3.85. The zero-order valence-corrected chi connectivity index (χ0v) is 13.9. The molecule has 1 aliphatic rings. The van der Waals surface area contributed by atoms with Crippen LogP contribution in [0, 0.1) is 0 Å². The smallest absolute Gasteiger partial charge is 0.267 e. The lowest BCUT2D eigenvalue weighted by molar-refractivity contribution is -0.119. The van der Waals surface area contributed by atoms with Crippen molar-refractivity contribution >= 4 is 23.2 Å². The highest BCUT2D eigenvalue weighted by atomic mass is 16.2. The summed E-state index contributed by atoms with van der Waals surface area (Å²) in [5, 5.41) is 12.8. The van der Waals surface area contributed by atoms with Crippen molar-refractivity contribution in [2.75, 3.05) is 5.01 Å². The Bertz CT molecular complexity index is 772. The van der Waals surface area contributed by atoms with Crippen molar-refractivity contribution in [3.8, 4) is 0 Å². The van der Waals surface area contributed by atoms with Gasteiger partial charge in [-0.1, -0.05) is 18.2 Å². The monoisotopic (exact) mass is 340 g/mol. The van der Waals surface area contributed by atoms with Gasteiger partial charge in [0.05, 0.1) is 12.2 Å². The molecule has 0 bridgehead atoms. The van der Waals surface area contributed by atoms with Gasteiger partial charge in [0, 0.05) is 24.9 Å². The first-order valence-electron chi connectivity index (χ1n) is 8.04. The Morgan fingerprint density at radius 1 is 1.32 bits per heavy atom. The summed E-state index contributed by atoms with van der Waals surface area (Å²) in [4.78, 5) is 24.2. The Morgan fingerprint density at radius 3 is 2.72 bits per heavy atom. The first-order valence-corrected chi connectivity index (χ1v) is 8.04. The van der Waals surface area contributed by atoms with Crippen LogP contribution >= 0.6 is 0 Å². The van der Waals surface area contributed by atoms with E-state index in [0.717, 1.165) is 5.69 Å². The Hall–Kier alpha value is -3.16. The van der Waals surface area contributed by atoms with E-state index in [1.165, 1.54) is 5.01 Å². The van der Waals surface area contributed by atoms with Gasteiger partial charge in [0.15, 0.2) is 0 Å². The van der Waals surface area contributed by atoms with E-state index in [2.05, 4.69) is 15.5 Å². The second-order valence-corrected chi connectivity index (χ2v) is 5.95. The maximum Gasteiger partial charge on any atom is 0.267 e.